The van der Waals surface area contributed by atoms with Gasteiger partial charge in [-0.15, -0.1) is 0 Å². The molecular formula is C14H14BrN3O3. The number of hydrogen-bond acceptors (Lipinski definition) is 5. The molecule has 0 aromatic heterocycles. The van der Waals surface area contributed by atoms with Crippen LogP contribution in [-0.2, 0) is 0 Å². The van der Waals surface area contributed by atoms with E-state index in [2.05, 4.69) is 26.6 Å². The van der Waals surface area contributed by atoms with Gasteiger partial charge in [0.15, 0.2) is 0 Å². The average molecular weight is 352 g/mol. The van der Waals surface area contributed by atoms with Crippen molar-refractivity contribution in [2.24, 2.45) is 0 Å². The highest BCUT2D eigenvalue weighted by molar-refractivity contribution is 9.10. The Morgan fingerprint density at radius 3 is 2.52 bits per heavy atom. The van der Waals surface area contributed by atoms with Crippen molar-refractivity contribution in [3.8, 4) is 5.75 Å². The summed E-state index contributed by atoms with van der Waals surface area (Å²) in [7, 11) is 3.21. The number of rotatable bonds is 5. The highest BCUT2D eigenvalue weighted by Crippen LogP contribution is 2.37. The van der Waals surface area contributed by atoms with Crippen LogP contribution in [0.25, 0.3) is 0 Å². The van der Waals surface area contributed by atoms with Gasteiger partial charge in [-0.05, 0) is 40.2 Å². The van der Waals surface area contributed by atoms with Crippen molar-refractivity contribution in [1.29, 1.82) is 0 Å². The number of halogens is 1. The summed E-state index contributed by atoms with van der Waals surface area (Å²) in [4.78, 5) is 10.9. The number of ether oxygens (including phenoxy) is 1. The smallest absolute Gasteiger partial charge is 0.315 e. The van der Waals surface area contributed by atoms with E-state index in [1.165, 1.54) is 0 Å². The summed E-state index contributed by atoms with van der Waals surface area (Å²) in [5, 5.41) is 17.2. The third kappa shape index (κ3) is 3.25. The van der Waals surface area contributed by atoms with Crippen molar-refractivity contribution in [1.82, 2.24) is 0 Å². The summed E-state index contributed by atoms with van der Waals surface area (Å²) < 4.78 is 5.95. The van der Waals surface area contributed by atoms with Gasteiger partial charge in [0.2, 0.25) is 0 Å². The summed E-state index contributed by atoms with van der Waals surface area (Å²) in [5.74, 6) is 0.660. The van der Waals surface area contributed by atoms with Gasteiger partial charge in [-0.1, -0.05) is 6.07 Å². The number of nitro groups is 1. The third-order valence-corrected chi connectivity index (χ3v) is 3.62. The number of nitrogens with zero attached hydrogens (tertiary/aromatic N) is 1. The lowest BCUT2D eigenvalue weighted by molar-refractivity contribution is -0.383. The Bertz CT molecular complexity index is 677. The minimum Gasteiger partial charge on any atom is -0.497 e. The molecular weight excluding hydrogens is 338 g/mol. The number of methoxy groups -OCH3 is 1. The fourth-order valence-corrected chi connectivity index (χ4v) is 2.26. The average Bonchev–Trinajstić information content (AvgIpc) is 2.48. The van der Waals surface area contributed by atoms with Crippen LogP contribution in [0, 0.1) is 10.1 Å². The normalized spacial score (nSPS) is 10.0. The predicted molar refractivity (Wildman–Crippen MR) is 86.6 cm³/mol. The van der Waals surface area contributed by atoms with Crippen molar-refractivity contribution >= 4 is 38.7 Å². The zero-order valence-corrected chi connectivity index (χ0v) is 13.1. The Morgan fingerprint density at radius 1 is 1.19 bits per heavy atom. The van der Waals surface area contributed by atoms with E-state index in [-0.39, 0.29) is 5.69 Å². The first-order valence-electron chi connectivity index (χ1n) is 6.12. The largest absolute Gasteiger partial charge is 0.497 e. The summed E-state index contributed by atoms with van der Waals surface area (Å²) in [6.07, 6.45) is 0. The van der Waals surface area contributed by atoms with Crippen LogP contribution in [-0.4, -0.2) is 19.1 Å². The van der Waals surface area contributed by atoms with Gasteiger partial charge in [0.05, 0.1) is 17.7 Å². The Hall–Kier alpha value is -2.28. The Kier molecular flexibility index (Phi) is 4.64. The molecule has 0 aliphatic rings. The van der Waals surface area contributed by atoms with Crippen LogP contribution in [0.3, 0.4) is 0 Å². The Balaban J connectivity index is 2.47. The molecule has 0 bridgehead atoms. The lowest BCUT2D eigenvalue weighted by atomic mass is 10.2. The van der Waals surface area contributed by atoms with Gasteiger partial charge in [-0.25, -0.2) is 0 Å². The Morgan fingerprint density at radius 2 is 1.90 bits per heavy atom. The second-order valence-electron chi connectivity index (χ2n) is 4.18. The maximum Gasteiger partial charge on any atom is 0.315 e. The molecule has 0 aliphatic carbocycles. The molecule has 0 atom stereocenters. The van der Waals surface area contributed by atoms with E-state index in [9.17, 15) is 10.1 Å². The molecule has 110 valence electrons. The monoisotopic (exact) mass is 351 g/mol. The molecule has 6 nitrogen and oxygen atoms in total. The minimum atomic E-state index is -0.414. The van der Waals surface area contributed by atoms with Crippen molar-refractivity contribution < 1.29 is 9.66 Å². The van der Waals surface area contributed by atoms with Crippen molar-refractivity contribution in [2.45, 2.75) is 0 Å². The first kappa shape index (κ1) is 15.1. The van der Waals surface area contributed by atoms with E-state index in [0.29, 0.717) is 22.8 Å². The number of hydrogen-bond donors (Lipinski definition) is 2. The van der Waals surface area contributed by atoms with Gasteiger partial charge in [0.25, 0.3) is 0 Å². The van der Waals surface area contributed by atoms with Crippen LogP contribution in [0.5, 0.6) is 5.75 Å². The predicted octanol–water partition coefficient (Wildman–Crippen LogP) is 4.15. The van der Waals surface area contributed by atoms with Crippen LogP contribution in [0.15, 0.2) is 40.9 Å². The van der Waals surface area contributed by atoms with Crippen molar-refractivity contribution in [3.05, 3.63) is 51.0 Å². The Labute approximate surface area is 130 Å². The second-order valence-corrected chi connectivity index (χ2v) is 5.03. The number of nitrogens with one attached hydrogen (secondary N) is 2. The van der Waals surface area contributed by atoms with E-state index in [1.807, 2.05) is 6.07 Å². The molecule has 0 fully saturated rings. The summed E-state index contributed by atoms with van der Waals surface area (Å²) >= 11 is 3.41. The standard InChI is InChI=1S/C14H14BrN3O3/c1-16-11-4-3-5-12(14(11)18(19)20)17-13-8-9(21-2)6-7-10(13)15/h3-8,16-17H,1-2H3. The molecule has 2 N–H and O–H groups in total. The van der Waals surface area contributed by atoms with Crippen LogP contribution in [0.4, 0.5) is 22.7 Å². The van der Waals surface area contributed by atoms with Crippen LogP contribution in [0.1, 0.15) is 0 Å². The SMILES string of the molecule is CNc1cccc(Nc2cc(OC)ccc2Br)c1[N+](=O)[O-]. The van der Waals surface area contributed by atoms with E-state index >= 15 is 0 Å². The van der Waals surface area contributed by atoms with Gasteiger partial charge >= 0.3 is 5.69 Å². The van der Waals surface area contributed by atoms with Gasteiger partial charge < -0.3 is 15.4 Å². The van der Waals surface area contributed by atoms with E-state index < -0.39 is 4.92 Å². The summed E-state index contributed by atoms with van der Waals surface area (Å²) in [5.41, 5.74) is 1.53. The summed E-state index contributed by atoms with van der Waals surface area (Å²) in [6.45, 7) is 0. The molecule has 2 rings (SSSR count). The second kappa shape index (κ2) is 6.45. The minimum absolute atomic E-state index is 0.00489. The molecule has 2 aromatic rings. The molecule has 0 saturated heterocycles. The molecule has 7 heteroatoms. The maximum absolute atomic E-state index is 11.3. The molecule has 21 heavy (non-hydrogen) atoms. The zero-order chi connectivity index (χ0) is 15.4. The van der Waals surface area contributed by atoms with Crippen LogP contribution < -0.4 is 15.4 Å². The van der Waals surface area contributed by atoms with Gasteiger partial charge in [-0.3, -0.25) is 10.1 Å². The fourth-order valence-electron chi connectivity index (χ4n) is 1.92. The van der Waals surface area contributed by atoms with Crippen molar-refractivity contribution in [2.75, 3.05) is 24.8 Å². The molecule has 2 aromatic carbocycles. The first-order valence-corrected chi connectivity index (χ1v) is 6.92. The van der Waals surface area contributed by atoms with Crippen LogP contribution >= 0.6 is 15.9 Å². The molecule has 0 amide bonds. The summed E-state index contributed by atoms with van der Waals surface area (Å²) in [6, 6.07) is 10.4. The van der Waals surface area contributed by atoms with Gasteiger partial charge in [-0.2, -0.15) is 0 Å². The van der Waals surface area contributed by atoms with E-state index in [4.69, 9.17) is 4.74 Å². The zero-order valence-electron chi connectivity index (χ0n) is 11.5. The number of anilines is 3. The van der Waals surface area contributed by atoms with E-state index in [0.717, 1.165) is 4.47 Å². The highest BCUT2D eigenvalue weighted by Gasteiger charge is 2.19. The lowest BCUT2D eigenvalue weighted by Crippen LogP contribution is -2.01. The number of nitro benzene ring substituents is 1. The molecule has 0 radical (unpaired) electrons. The fraction of sp³-hybridized carbons (Fsp3) is 0.143. The lowest BCUT2D eigenvalue weighted by Gasteiger charge is -2.12. The third-order valence-electron chi connectivity index (χ3n) is 2.93. The van der Waals surface area contributed by atoms with Gasteiger partial charge in [0, 0.05) is 17.6 Å². The quantitative estimate of drug-likeness (QED) is 0.624. The molecule has 0 unspecified atom stereocenters. The molecule has 0 aliphatic heterocycles. The maximum atomic E-state index is 11.3. The molecule has 0 heterocycles. The number of para-hydroxylation sites is 1. The van der Waals surface area contributed by atoms with Crippen LogP contribution in [0.2, 0.25) is 0 Å². The number of benzene rings is 2. The molecule has 0 saturated carbocycles. The van der Waals surface area contributed by atoms with Crippen molar-refractivity contribution in [3.63, 3.8) is 0 Å². The van der Waals surface area contributed by atoms with Gasteiger partial charge in [0.1, 0.15) is 17.1 Å². The molecule has 0 spiro atoms. The topological polar surface area (TPSA) is 76.4 Å². The first-order chi connectivity index (χ1) is 10.1. The highest BCUT2D eigenvalue weighted by atomic mass is 79.9. The van der Waals surface area contributed by atoms with E-state index in [1.54, 1.807) is 44.5 Å².